The van der Waals surface area contributed by atoms with Gasteiger partial charge in [-0.1, -0.05) is 13.0 Å². The molecule has 0 bridgehead atoms. The molecule has 4 rings (SSSR count). The van der Waals surface area contributed by atoms with Gasteiger partial charge in [-0.05, 0) is 60.0 Å². The summed E-state index contributed by atoms with van der Waals surface area (Å²) in [6.07, 6.45) is 3.91. The van der Waals surface area contributed by atoms with Crippen LogP contribution in [0.5, 0.6) is 5.75 Å². The van der Waals surface area contributed by atoms with Gasteiger partial charge in [0.2, 0.25) is 0 Å². The van der Waals surface area contributed by atoms with E-state index in [9.17, 15) is 4.79 Å². The summed E-state index contributed by atoms with van der Waals surface area (Å²) in [5.41, 5.74) is 8.44. The molecule has 0 aliphatic heterocycles. The fraction of sp³-hybridized carbons (Fsp3) is 0.200. The van der Waals surface area contributed by atoms with Crippen LogP contribution >= 0.6 is 0 Å². The molecular weight excluding hydrogens is 476 g/mol. The van der Waals surface area contributed by atoms with Gasteiger partial charge in [0.05, 0.1) is 7.11 Å². The molecule has 0 aliphatic carbocycles. The van der Waals surface area contributed by atoms with Gasteiger partial charge in [0.15, 0.2) is 5.82 Å². The summed E-state index contributed by atoms with van der Waals surface area (Å²) in [6, 6.07) is 14.2. The van der Waals surface area contributed by atoms with Gasteiger partial charge in [-0.15, -0.1) is 9.78 Å². The second-order valence-corrected chi connectivity index (χ2v) is 7.83. The number of ether oxygens (including phenoxy) is 1. The Morgan fingerprint density at radius 2 is 1.86 bits per heavy atom. The number of carboxylic acids is 1. The Hall–Kier alpha value is -5.00. The second-order valence-electron chi connectivity index (χ2n) is 7.83. The fourth-order valence-electron chi connectivity index (χ4n) is 3.40. The standard InChI is InChI=1S/C23H24N8O2.C2H4O2/c1-3-14-11-16(13-18(12-14)33-2)19(28-17-7-5-15(6-8-17)20(24)25)21-29-23(32)31(30-21)22-26-9-4-10-27-22;1-2(3)4/h4-13,19,28H,3H2,1-2H3,(H3,24,25)(H,29,30,32);1H3,(H,3,4). The Balaban J connectivity index is 0.000000886. The molecule has 2 aromatic heterocycles. The predicted octanol–water partition coefficient (Wildman–Crippen LogP) is 2.50. The van der Waals surface area contributed by atoms with Crippen LogP contribution in [0.2, 0.25) is 0 Å². The van der Waals surface area contributed by atoms with Crippen LogP contribution in [0.4, 0.5) is 5.69 Å². The molecular formula is C25H28N8O4. The SMILES string of the molecule is CC(=O)O.CCc1cc(OC)cc(C(Nc2ccc(C(=N)N)cc2)c2nn(-c3ncccn3)c(=O)[nH]2)c1. The first-order valence-corrected chi connectivity index (χ1v) is 11.3. The number of amidine groups is 1. The van der Waals surface area contributed by atoms with Crippen LogP contribution in [0.3, 0.4) is 0 Å². The van der Waals surface area contributed by atoms with Crippen LogP contribution < -0.4 is 21.5 Å². The Kier molecular flexibility index (Phi) is 8.71. The number of nitrogens with zero attached hydrogens (tertiary/aromatic N) is 4. The number of nitrogens with one attached hydrogen (secondary N) is 3. The third-order valence-corrected chi connectivity index (χ3v) is 5.12. The zero-order chi connectivity index (χ0) is 26.9. The predicted molar refractivity (Wildman–Crippen MR) is 138 cm³/mol. The van der Waals surface area contributed by atoms with Gasteiger partial charge in [0.25, 0.3) is 11.9 Å². The maximum atomic E-state index is 12.7. The van der Waals surface area contributed by atoms with Crippen molar-refractivity contribution in [3.05, 3.63) is 93.9 Å². The second kappa shape index (κ2) is 12.1. The lowest BCUT2D eigenvalue weighted by molar-refractivity contribution is -0.134. The summed E-state index contributed by atoms with van der Waals surface area (Å²) >= 11 is 0. The molecule has 1 unspecified atom stereocenters. The molecule has 12 nitrogen and oxygen atoms in total. The summed E-state index contributed by atoms with van der Waals surface area (Å²) in [5.74, 6) is 0.425. The van der Waals surface area contributed by atoms with Crippen molar-refractivity contribution in [2.45, 2.75) is 26.3 Å². The number of H-pyrrole nitrogens is 1. The van der Waals surface area contributed by atoms with Crippen molar-refractivity contribution >= 4 is 17.5 Å². The van der Waals surface area contributed by atoms with E-state index in [1.54, 1.807) is 37.7 Å². The molecule has 0 aliphatic rings. The summed E-state index contributed by atoms with van der Waals surface area (Å²) in [4.78, 5) is 32.7. The molecule has 6 N–H and O–H groups in total. The molecule has 0 saturated heterocycles. The van der Waals surface area contributed by atoms with Gasteiger partial charge in [0.1, 0.15) is 17.6 Å². The Labute approximate surface area is 212 Å². The van der Waals surface area contributed by atoms with E-state index in [1.807, 2.05) is 30.3 Å². The number of aliphatic carboxylic acids is 1. The van der Waals surface area contributed by atoms with Crippen LogP contribution in [0.1, 0.15) is 42.4 Å². The summed E-state index contributed by atoms with van der Waals surface area (Å²) in [5, 5.41) is 22.9. The molecule has 0 radical (unpaired) electrons. The summed E-state index contributed by atoms with van der Waals surface area (Å²) in [7, 11) is 1.62. The maximum Gasteiger partial charge on any atom is 0.350 e. The number of hydrogen-bond donors (Lipinski definition) is 5. The molecule has 37 heavy (non-hydrogen) atoms. The Morgan fingerprint density at radius 3 is 2.43 bits per heavy atom. The molecule has 0 spiro atoms. The number of nitrogen functional groups attached to an aromatic ring is 1. The quantitative estimate of drug-likeness (QED) is 0.178. The minimum absolute atomic E-state index is 0.00980. The van der Waals surface area contributed by atoms with Crippen molar-refractivity contribution in [2.75, 3.05) is 12.4 Å². The molecule has 0 amide bonds. The van der Waals surface area contributed by atoms with Crippen molar-refractivity contribution in [2.24, 2.45) is 5.73 Å². The Bertz CT molecular complexity index is 1390. The normalized spacial score (nSPS) is 11.1. The van der Waals surface area contributed by atoms with Crippen LogP contribution in [0, 0.1) is 5.41 Å². The first-order valence-electron chi connectivity index (χ1n) is 11.3. The highest BCUT2D eigenvalue weighted by Crippen LogP contribution is 2.29. The lowest BCUT2D eigenvalue weighted by atomic mass is 10.0. The molecule has 0 fully saturated rings. The summed E-state index contributed by atoms with van der Waals surface area (Å²) < 4.78 is 6.62. The molecule has 4 aromatic rings. The van der Waals surface area contributed by atoms with E-state index in [0.29, 0.717) is 17.1 Å². The highest BCUT2D eigenvalue weighted by Gasteiger charge is 2.22. The van der Waals surface area contributed by atoms with Gasteiger partial charge in [-0.25, -0.2) is 14.8 Å². The summed E-state index contributed by atoms with van der Waals surface area (Å²) in [6.45, 7) is 3.14. The van der Waals surface area contributed by atoms with E-state index in [2.05, 4.69) is 32.3 Å². The zero-order valence-corrected chi connectivity index (χ0v) is 20.6. The first-order chi connectivity index (χ1) is 17.7. The fourth-order valence-corrected chi connectivity index (χ4v) is 3.40. The van der Waals surface area contributed by atoms with Crippen LogP contribution in [0.25, 0.3) is 5.95 Å². The lowest BCUT2D eigenvalue weighted by Crippen LogP contribution is -2.18. The molecule has 0 saturated carbocycles. The molecule has 1 atom stereocenters. The van der Waals surface area contributed by atoms with Crippen molar-refractivity contribution < 1.29 is 14.6 Å². The minimum Gasteiger partial charge on any atom is -0.497 e. The number of aromatic nitrogens is 5. The van der Waals surface area contributed by atoms with Gasteiger partial charge in [-0.2, -0.15) is 0 Å². The van der Waals surface area contributed by atoms with E-state index in [-0.39, 0.29) is 11.8 Å². The van der Waals surface area contributed by atoms with Gasteiger partial charge < -0.3 is 20.9 Å². The van der Waals surface area contributed by atoms with Crippen molar-refractivity contribution in [3.8, 4) is 11.7 Å². The molecule has 2 heterocycles. The van der Waals surface area contributed by atoms with E-state index in [0.717, 1.165) is 34.8 Å². The van der Waals surface area contributed by atoms with E-state index < -0.39 is 17.7 Å². The number of hydrogen-bond acceptors (Lipinski definition) is 8. The highest BCUT2D eigenvalue weighted by molar-refractivity contribution is 5.95. The number of methoxy groups -OCH3 is 1. The number of carboxylic acid groups (broad SMARTS) is 1. The smallest absolute Gasteiger partial charge is 0.350 e. The van der Waals surface area contributed by atoms with Gasteiger partial charge in [0, 0.05) is 30.6 Å². The van der Waals surface area contributed by atoms with Gasteiger partial charge >= 0.3 is 5.69 Å². The minimum atomic E-state index is -0.833. The number of rotatable bonds is 8. The zero-order valence-electron chi connectivity index (χ0n) is 20.6. The number of nitrogens with two attached hydrogens (primary N) is 1. The molecule has 2 aromatic carbocycles. The van der Waals surface area contributed by atoms with E-state index in [1.165, 1.54) is 0 Å². The van der Waals surface area contributed by atoms with E-state index >= 15 is 0 Å². The topological polar surface area (TPSA) is 185 Å². The highest BCUT2D eigenvalue weighted by atomic mass is 16.5. The largest absolute Gasteiger partial charge is 0.497 e. The van der Waals surface area contributed by atoms with Gasteiger partial charge in [-0.3, -0.25) is 15.2 Å². The van der Waals surface area contributed by atoms with Crippen LogP contribution in [-0.4, -0.2) is 48.8 Å². The lowest BCUT2D eigenvalue weighted by Gasteiger charge is -2.20. The van der Waals surface area contributed by atoms with Crippen LogP contribution in [-0.2, 0) is 11.2 Å². The number of aryl methyl sites for hydroxylation is 1. The average molecular weight is 505 g/mol. The number of anilines is 1. The number of benzene rings is 2. The third-order valence-electron chi connectivity index (χ3n) is 5.12. The first kappa shape index (κ1) is 26.6. The maximum absolute atomic E-state index is 12.7. The molecule has 12 heteroatoms. The number of aromatic amines is 1. The van der Waals surface area contributed by atoms with Crippen LogP contribution in [0.15, 0.2) is 65.7 Å². The average Bonchev–Trinajstić information content (AvgIpc) is 3.28. The third kappa shape index (κ3) is 7.01. The Morgan fingerprint density at radius 1 is 1.22 bits per heavy atom. The molecule has 192 valence electrons. The van der Waals surface area contributed by atoms with Crippen molar-refractivity contribution in [3.63, 3.8) is 0 Å². The van der Waals surface area contributed by atoms with Crippen molar-refractivity contribution in [1.82, 2.24) is 24.7 Å². The van der Waals surface area contributed by atoms with E-state index in [4.69, 9.17) is 25.8 Å². The van der Waals surface area contributed by atoms with Crippen molar-refractivity contribution in [1.29, 1.82) is 5.41 Å². The number of carbonyl (C=O) groups is 1. The monoisotopic (exact) mass is 504 g/mol.